The van der Waals surface area contributed by atoms with Crippen molar-refractivity contribution in [2.24, 2.45) is 0 Å². The Labute approximate surface area is 120 Å². The fourth-order valence-electron chi connectivity index (χ4n) is 2.43. The average molecular weight is 283 g/mol. The van der Waals surface area contributed by atoms with Gasteiger partial charge in [0, 0.05) is 31.0 Å². The molecule has 0 spiro atoms. The number of hydrogen-bond acceptors (Lipinski definition) is 7. The van der Waals surface area contributed by atoms with Crippen LogP contribution in [0.25, 0.3) is 5.65 Å². The average Bonchev–Trinajstić information content (AvgIpc) is 3.03. The van der Waals surface area contributed by atoms with E-state index in [0.29, 0.717) is 12.3 Å². The monoisotopic (exact) mass is 283 g/mol. The maximum Gasteiger partial charge on any atom is 0.200 e. The van der Waals surface area contributed by atoms with E-state index in [1.165, 1.54) is 4.63 Å². The molecule has 0 bridgehead atoms. The molecule has 4 rings (SSSR count). The first-order valence-electron chi connectivity index (χ1n) is 6.72. The molecule has 3 aromatic rings. The molecule has 0 aromatic carbocycles. The molecule has 0 radical (unpaired) electrons. The van der Waals surface area contributed by atoms with Crippen LogP contribution in [0.3, 0.4) is 0 Å². The van der Waals surface area contributed by atoms with E-state index < -0.39 is 0 Å². The Hall–Kier alpha value is -2.61. The van der Waals surface area contributed by atoms with Gasteiger partial charge >= 0.3 is 0 Å². The van der Waals surface area contributed by atoms with E-state index >= 15 is 0 Å². The summed E-state index contributed by atoms with van der Waals surface area (Å²) in [5, 5.41) is 15.7. The molecule has 3 aromatic heterocycles. The lowest BCUT2D eigenvalue weighted by molar-refractivity contribution is 0.0392. The van der Waals surface area contributed by atoms with Gasteiger partial charge in [0.1, 0.15) is 6.10 Å². The molecular formula is C13H13N7O. The van der Waals surface area contributed by atoms with E-state index in [2.05, 4.69) is 30.5 Å². The van der Waals surface area contributed by atoms with Crippen molar-refractivity contribution in [1.82, 2.24) is 30.2 Å². The summed E-state index contributed by atoms with van der Waals surface area (Å²) in [5.74, 6) is 0.840. The number of ether oxygens (including phenoxy) is 1. The standard InChI is InChI=1S/C13H13N7O/c1-2-10(8-14-5-1)11-9-19(6-7-21-11)13-4-3-12-15-17-18-20(12)16-13/h1-5,8,11H,6-7,9H2. The van der Waals surface area contributed by atoms with Crippen LogP contribution in [0.2, 0.25) is 0 Å². The first-order valence-corrected chi connectivity index (χ1v) is 6.72. The fraction of sp³-hybridized carbons (Fsp3) is 0.308. The summed E-state index contributed by atoms with van der Waals surface area (Å²) in [7, 11) is 0. The van der Waals surface area contributed by atoms with Gasteiger partial charge in [-0.15, -0.1) is 14.8 Å². The minimum absolute atomic E-state index is 0.00109. The lowest BCUT2D eigenvalue weighted by Crippen LogP contribution is -2.39. The lowest BCUT2D eigenvalue weighted by Gasteiger charge is -2.33. The highest BCUT2D eigenvalue weighted by Gasteiger charge is 2.23. The summed E-state index contributed by atoms with van der Waals surface area (Å²) in [6, 6.07) is 7.73. The third-order valence-corrected chi connectivity index (χ3v) is 3.50. The molecule has 8 nitrogen and oxygen atoms in total. The largest absolute Gasteiger partial charge is 0.370 e. The van der Waals surface area contributed by atoms with Gasteiger partial charge < -0.3 is 9.64 Å². The van der Waals surface area contributed by atoms with Gasteiger partial charge in [0.25, 0.3) is 0 Å². The van der Waals surface area contributed by atoms with E-state index in [1.54, 1.807) is 6.20 Å². The summed E-state index contributed by atoms with van der Waals surface area (Å²) in [5.41, 5.74) is 1.71. The number of hydrogen-bond donors (Lipinski definition) is 0. The SMILES string of the molecule is c1cncc(C2CN(c3ccc4nnnn4n3)CCO2)c1. The maximum absolute atomic E-state index is 5.83. The number of aromatic nitrogens is 6. The first kappa shape index (κ1) is 12.2. The molecule has 4 heterocycles. The smallest absolute Gasteiger partial charge is 0.200 e. The Kier molecular flexibility index (Phi) is 2.93. The van der Waals surface area contributed by atoms with Crippen LogP contribution < -0.4 is 4.90 Å². The Morgan fingerprint density at radius 1 is 1.24 bits per heavy atom. The maximum atomic E-state index is 5.83. The molecule has 106 valence electrons. The number of anilines is 1. The predicted octanol–water partition coefficient (Wildman–Crippen LogP) is 0.492. The molecule has 1 aliphatic heterocycles. The highest BCUT2D eigenvalue weighted by atomic mass is 16.5. The van der Waals surface area contributed by atoms with Crippen molar-refractivity contribution in [3.8, 4) is 0 Å². The van der Waals surface area contributed by atoms with Crippen LogP contribution in [0.5, 0.6) is 0 Å². The first-order chi connectivity index (χ1) is 10.4. The predicted molar refractivity (Wildman–Crippen MR) is 73.7 cm³/mol. The Morgan fingerprint density at radius 3 is 3.14 bits per heavy atom. The summed E-state index contributed by atoms with van der Waals surface area (Å²) in [4.78, 5) is 6.32. The summed E-state index contributed by atoms with van der Waals surface area (Å²) >= 11 is 0. The van der Waals surface area contributed by atoms with Crippen molar-refractivity contribution in [2.45, 2.75) is 6.10 Å². The second-order valence-corrected chi connectivity index (χ2v) is 4.81. The summed E-state index contributed by atoms with van der Waals surface area (Å²) < 4.78 is 7.27. The molecule has 1 saturated heterocycles. The van der Waals surface area contributed by atoms with E-state index in [9.17, 15) is 0 Å². The lowest BCUT2D eigenvalue weighted by atomic mass is 10.1. The van der Waals surface area contributed by atoms with E-state index in [1.807, 2.05) is 30.5 Å². The molecule has 1 atom stereocenters. The van der Waals surface area contributed by atoms with Crippen molar-refractivity contribution in [3.63, 3.8) is 0 Å². The number of fused-ring (bicyclic) bond motifs is 1. The number of rotatable bonds is 2. The Morgan fingerprint density at radius 2 is 2.24 bits per heavy atom. The third-order valence-electron chi connectivity index (χ3n) is 3.50. The van der Waals surface area contributed by atoms with Crippen LogP contribution in [0.4, 0.5) is 5.82 Å². The van der Waals surface area contributed by atoms with Gasteiger partial charge in [0.2, 0.25) is 0 Å². The van der Waals surface area contributed by atoms with E-state index in [-0.39, 0.29) is 6.10 Å². The van der Waals surface area contributed by atoms with E-state index in [0.717, 1.165) is 24.5 Å². The van der Waals surface area contributed by atoms with Gasteiger partial charge in [-0.1, -0.05) is 6.07 Å². The summed E-state index contributed by atoms with van der Waals surface area (Å²) in [6.07, 6.45) is 3.60. The molecule has 0 aliphatic carbocycles. The quantitative estimate of drug-likeness (QED) is 0.677. The topological polar surface area (TPSA) is 81.3 Å². The number of nitrogens with zero attached hydrogens (tertiary/aromatic N) is 7. The van der Waals surface area contributed by atoms with Crippen LogP contribution in [-0.2, 0) is 4.74 Å². The van der Waals surface area contributed by atoms with E-state index in [4.69, 9.17) is 4.74 Å². The molecular weight excluding hydrogens is 270 g/mol. The van der Waals surface area contributed by atoms with Crippen molar-refractivity contribution in [3.05, 3.63) is 42.2 Å². The molecule has 0 N–H and O–H groups in total. The summed E-state index contributed by atoms with van der Waals surface area (Å²) in [6.45, 7) is 2.17. The Bertz CT molecular complexity index is 744. The van der Waals surface area contributed by atoms with Crippen LogP contribution >= 0.6 is 0 Å². The van der Waals surface area contributed by atoms with Crippen molar-refractivity contribution in [1.29, 1.82) is 0 Å². The molecule has 0 amide bonds. The number of morpholine rings is 1. The number of pyridine rings is 1. The zero-order valence-electron chi connectivity index (χ0n) is 11.2. The normalized spacial score (nSPS) is 19.0. The minimum Gasteiger partial charge on any atom is -0.370 e. The van der Waals surface area contributed by atoms with Crippen molar-refractivity contribution in [2.75, 3.05) is 24.6 Å². The second kappa shape index (κ2) is 5.06. The van der Waals surface area contributed by atoms with Crippen molar-refractivity contribution < 1.29 is 4.74 Å². The molecule has 1 fully saturated rings. The van der Waals surface area contributed by atoms with Crippen LogP contribution in [0.1, 0.15) is 11.7 Å². The van der Waals surface area contributed by atoms with Gasteiger partial charge in [-0.25, -0.2) is 0 Å². The zero-order valence-corrected chi connectivity index (χ0v) is 11.2. The van der Waals surface area contributed by atoms with Gasteiger partial charge in [0.15, 0.2) is 11.5 Å². The number of tetrazole rings is 1. The van der Waals surface area contributed by atoms with Gasteiger partial charge in [-0.05, 0) is 28.6 Å². The van der Waals surface area contributed by atoms with Crippen LogP contribution in [0, 0.1) is 0 Å². The molecule has 0 saturated carbocycles. The molecule has 1 aliphatic rings. The highest BCUT2D eigenvalue weighted by molar-refractivity contribution is 5.45. The second-order valence-electron chi connectivity index (χ2n) is 4.81. The third kappa shape index (κ3) is 2.29. The van der Waals surface area contributed by atoms with Gasteiger partial charge in [0.05, 0.1) is 6.61 Å². The van der Waals surface area contributed by atoms with Crippen LogP contribution in [0.15, 0.2) is 36.7 Å². The fourth-order valence-corrected chi connectivity index (χ4v) is 2.43. The highest BCUT2D eigenvalue weighted by Crippen LogP contribution is 2.24. The molecule has 8 heteroatoms. The van der Waals surface area contributed by atoms with Gasteiger partial charge in [-0.3, -0.25) is 4.98 Å². The zero-order chi connectivity index (χ0) is 14.1. The minimum atomic E-state index is -0.00109. The van der Waals surface area contributed by atoms with Crippen LogP contribution in [-0.4, -0.2) is 49.9 Å². The molecule has 1 unspecified atom stereocenters. The van der Waals surface area contributed by atoms with Crippen molar-refractivity contribution >= 4 is 11.5 Å². The van der Waals surface area contributed by atoms with Gasteiger partial charge in [-0.2, -0.15) is 0 Å². The molecule has 21 heavy (non-hydrogen) atoms. The Balaban J connectivity index is 1.60.